The summed E-state index contributed by atoms with van der Waals surface area (Å²) in [6.45, 7) is 0.992. The molecule has 0 radical (unpaired) electrons. The Kier molecular flexibility index (Phi) is 3.92. The van der Waals surface area contributed by atoms with E-state index in [9.17, 15) is 18.0 Å². The van der Waals surface area contributed by atoms with Crippen molar-refractivity contribution in [3.8, 4) is 6.07 Å². The summed E-state index contributed by atoms with van der Waals surface area (Å²) >= 11 is 0. The van der Waals surface area contributed by atoms with Crippen LogP contribution >= 0.6 is 0 Å². The van der Waals surface area contributed by atoms with Gasteiger partial charge in [-0.2, -0.15) is 18.4 Å². The van der Waals surface area contributed by atoms with Crippen LogP contribution in [0.15, 0.2) is 18.2 Å². The Morgan fingerprint density at radius 3 is 2.79 bits per heavy atom. The predicted molar refractivity (Wildman–Crippen MR) is 78.9 cm³/mol. The number of hydrogen-bond acceptors (Lipinski definition) is 4. The first-order valence-electron chi connectivity index (χ1n) is 7.52. The van der Waals surface area contributed by atoms with E-state index >= 15 is 0 Å². The third-order valence-corrected chi connectivity index (χ3v) is 4.97. The van der Waals surface area contributed by atoms with Gasteiger partial charge in [0, 0.05) is 25.6 Å². The highest BCUT2D eigenvalue weighted by Gasteiger charge is 2.53. The van der Waals surface area contributed by atoms with Crippen LogP contribution < -0.4 is 10.6 Å². The van der Waals surface area contributed by atoms with Gasteiger partial charge in [-0.05, 0) is 24.6 Å². The van der Waals surface area contributed by atoms with Gasteiger partial charge in [-0.3, -0.25) is 4.79 Å². The summed E-state index contributed by atoms with van der Waals surface area (Å²) in [6.07, 6.45) is -4.16. The number of halogens is 3. The van der Waals surface area contributed by atoms with E-state index in [1.807, 2.05) is 6.07 Å². The molecule has 128 valence electrons. The molecule has 0 aromatic heterocycles. The molecular weight excluding hydrogens is 323 g/mol. The Hall–Kier alpha value is -2.27. The van der Waals surface area contributed by atoms with Gasteiger partial charge in [0.05, 0.1) is 34.9 Å². The Bertz CT molecular complexity index is 713. The van der Waals surface area contributed by atoms with Gasteiger partial charge in [-0.1, -0.05) is 0 Å². The molecule has 0 bridgehead atoms. The van der Waals surface area contributed by atoms with Crippen molar-refractivity contribution in [2.75, 3.05) is 31.2 Å². The fraction of sp³-hybridized carbons (Fsp3) is 0.500. The molecule has 2 aliphatic rings. The van der Waals surface area contributed by atoms with E-state index in [4.69, 9.17) is 15.7 Å². The van der Waals surface area contributed by atoms with Gasteiger partial charge in [0.1, 0.15) is 0 Å². The van der Waals surface area contributed by atoms with Crippen LogP contribution in [0.4, 0.5) is 18.9 Å². The number of anilines is 1. The van der Waals surface area contributed by atoms with Gasteiger partial charge < -0.3 is 15.4 Å². The zero-order chi connectivity index (χ0) is 17.5. The minimum Gasteiger partial charge on any atom is -0.381 e. The van der Waals surface area contributed by atoms with E-state index in [0.29, 0.717) is 19.6 Å². The Morgan fingerprint density at radius 2 is 2.21 bits per heavy atom. The average molecular weight is 339 g/mol. The van der Waals surface area contributed by atoms with Gasteiger partial charge >= 0.3 is 6.18 Å². The molecule has 3 rings (SSSR count). The monoisotopic (exact) mass is 339 g/mol. The number of nitrogens with zero attached hydrogens (tertiary/aromatic N) is 2. The van der Waals surface area contributed by atoms with Crippen molar-refractivity contribution >= 4 is 11.6 Å². The van der Waals surface area contributed by atoms with Gasteiger partial charge in [0.15, 0.2) is 0 Å². The van der Waals surface area contributed by atoms with Gasteiger partial charge in [0.2, 0.25) is 5.91 Å². The highest BCUT2D eigenvalue weighted by atomic mass is 19.4. The molecule has 2 heterocycles. The average Bonchev–Trinajstić information content (AvgIpc) is 2.94. The largest absolute Gasteiger partial charge is 0.418 e. The van der Waals surface area contributed by atoms with Crippen LogP contribution in [0, 0.1) is 22.7 Å². The maximum Gasteiger partial charge on any atom is 0.418 e. The molecule has 1 aromatic carbocycles. The van der Waals surface area contributed by atoms with Crippen LogP contribution in [0.2, 0.25) is 0 Å². The number of carbonyl (C=O) groups is 1. The Morgan fingerprint density at radius 1 is 1.46 bits per heavy atom. The summed E-state index contributed by atoms with van der Waals surface area (Å²) in [6, 6.07) is 5.12. The highest BCUT2D eigenvalue weighted by Crippen LogP contribution is 2.46. The first kappa shape index (κ1) is 16.6. The fourth-order valence-electron chi connectivity index (χ4n) is 3.64. The second kappa shape index (κ2) is 5.67. The molecule has 2 fully saturated rings. The van der Waals surface area contributed by atoms with Gasteiger partial charge in [-0.25, -0.2) is 0 Å². The number of nitrogens with two attached hydrogens (primary N) is 1. The lowest BCUT2D eigenvalue weighted by molar-refractivity contribution is -0.137. The molecule has 2 saturated heterocycles. The fourth-order valence-corrected chi connectivity index (χ4v) is 3.64. The van der Waals surface area contributed by atoms with Crippen molar-refractivity contribution in [2.45, 2.75) is 12.6 Å². The number of rotatable bonds is 2. The van der Waals surface area contributed by atoms with Crippen molar-refractivity contribution in [1.82, 2.24) is 0 Å². The molecule has 5 nitrogen and oxygen atoms in total. The molecule has 2 aliphatic heterocycles. The van der Waals surface area contributed by atoms with Crippen molar-refractivity contribution in [3.63, 3.8) is 0 Å². The van der Waals surface area contributed by atoms with Crippen LogP contribution in [0.5, 0.6) is 0 Å². The molecule has 1 amide bonds. The van der Waals surface area contributed by atoms with Crippen LogP contribution in [0.3, 0.4) is 0 Å². The molecule has 0 spiro atoms. The number of fused-ring (bicyclic) bond motifs is 1. The topological polar surface area (TPSA) is 79.3 Å². The predicted octanol–water partition coefficient (Wildman–Crippen LogP) is 1.91. The van der Waals surface area contributed by atoms with Crippen LogP contribution in [-0.4, -0.2) is 32.2 Å². The van der Waals surface area contributed by atoms with Crippen molar-refractivity contribution in [2.24, 2.45) is 17.1 Å². The van der Waals surface area contributed by atoms with Gasteiger partial charge in [0.25, 0.3) is 0 Å². The number of amides is 1. The van der Waals surface area contributed by atoms with Crippen molar-refractivity contribution in [3.05, 3.63) is 29.3 Å². The molecule has 24 heavy (non-hydrogen) atoms. The number of nitriles is 1. The highest BCUT2D eigenvalue weighted by molar-refractivity contribution is 5.83. The second-order valence-corrected chi connectivity index (χ2v) is 6.26. The van der Waals surface area contributed by atoms with Crippen LogP contribution in [0.1, 0.15) is 17.5 Å². The SMILES string of the molecule is N#Cc1ccc(C(F)(F)F)c(N2C[C@@H]3COCC[C@]3(C(N)=O)C2)c1. The summed E-state index contributed by atoms with van der Waals surface area (Å²) in [4.78, 5) is 13.5. The lowest BCUT2D eigenvalue weighted by atomic mass is 9.74. The molecule has 2 N–H and O–H groups in total. The van der Waals surface area contributed by atoms with Crippen LogP contribution in [-0.2, 0) is 15.7 Å². The number of hydrogen-bond donors (Lipinski definition) is 1. The summed E-state index contributed by atoms with van der Waals surface area (Å²) in [5.41, 5.74) is 3.91. The van der Waals surface area contributed by atoms with E-state index in [2.05, 4.69) is 0 Å². The van der Waals surface area contributed by atoms with Crippen LogP contribution in [0.25, 0.3) is 0 Å². The van der Waals surface area contributed by atoms with E-state index in [1.165, 1.54) is 11.0 Å². The second-order valence-electron chi connectivity index (χ2n) is 6.26. The molecule has 1 aromatic rings. The third kappa shape index (κ3) is 2.59. The normalized spacial score (nSPS) is 26.8. The first-order valence-corrected chi connectivity index (χ1v) is 7.52. The van der Waals surface area contributed by atoms with Gasteiger partial charge in [-0.15, -0.1) is 0 Å². The lowest BCUT2D eigenvalue weighted by Crippen LogP contribution is -2.48. The van der Waals surface area contributed by atoms with E-state index in [1.54, 1.807) is 0 Å². The maximum absolute atomic E-state index is 13.3. The number of primary amides is 1. The quantitative estimate of drug-likeness (QED) is 0.893. The standard InChI is InChI=1S/C16H16F3N3O2/c17-16(18,19)12-2-1-10(6-20)5-13(12)22-7-11-8-24-4-3-15(11,9-22)14(21)23/h1-2,5,11H,3-4,7-9H2,(H2,21,23)/t11-,15+/m1/s1. The summed E-state index contributed by atoms with van der Waals surface area (Å²) in [7, 11) is 0. The van der Waals surface area contributed by atoms with Crippen molar-refractivity contribution in [1.29, 1.82) is 5.26 Å². The zero-order valence-electron chi connectivity index (χ0n) is 12.8. The lowest BCUT2D eigenvalue weighted by Gasteiger charge is -2.35. The molecule has 2 atom stereocenters. The summed E-state index contributed by atoms with van der Waals surface area (Å²) < 4.78 is 45.4. The van der Waals surface area contributed by atoms with Crippen molar-refractivity contribution < 1.29 is 22.7 Å². The molecular formula is C16H16F3N3O2. The molecule has 0 saturated carbocycles. The number of benzene rings is 1. The molecule has 0 aliphatic carbocycles. The minimum absolute atomic E-state index is 0.0865. The van der Waals surface area contributed by atoms with E-state index in [0.717, 1.165) is 12.1 Å². The zero-order valence-corrected chi connectivity index (χ0v) is 12.8. The minimum atomic E-state index is -4.55. The van der Waals surface area contributed by atoms with E-state index in [-0.39, 0.29) is 30.3 Å². The smallest absolute Gasteiger partial charge is 0.381 e. The Labute approximate surface area is 136 Å². The molecule has 8 heteroatoms. The summed E-state index contributed by atoms with van der Waals surface area (Å²) in [5.74, 6) is -0.765. The molecule has 0 unspecified atom stereocenters. The Balaban J connectivity index is 2.04. The maximum atomic E-state index is 13.3. The first-order chi connectivity index (χ1) is 11.3. The number of ether oxygens (including phenoxy) is 1. The number of alkyl halides is 3. The van der Waals surface area contributed by atoms with E-state index < -0.39 is 23.1 Å². The third-order valence-electron chi connectivity index (χ3n) is 4.97. The number of carbonyl (C=O) groups excluding carboxylic acids is 1. The summed E-state index contributed by atoms with van der Waals surface area (Å²) in [5, 5.41) is 9.00.